The standard InChI is InChI=1S/C13H12FN3OS/c1-2-15-13(12-7-16-17-19-12)11-6-8-5-9(14)3-4-10(8)18-11/h3-7,13,15H,2H2,1H3. The molecule has 6 heteroatoms. The van der Waals surface area contributed by atoms with Crippen LogP contribution in [0.4, 0.5) is 4.39 Å². The number of fused-ring (bicyclic) bond motifs is 1. The van der Waals surface area contributed by atoms with Crippen LogP contribution in [0.15, 0.2) is 34.9 Å². The monoisotopic (exact) mass is 277 g/mol. The van der Waals surface area contributed by atoms with E-state index in [-0.39, 0.29) is 11.9 Å². The quantitative estimate of drug-likeness (QED) is 0.796. The van der Waals surface area contributed by atoms with E-state index in [2.05, 4.69) is 14.9 Å². The van der Waals surface area contributed by atoms with Gasteiger partial charge in [0.2, 0.25) is 0 Å². The summed E-state index contributed by atoms with van der Waals surface area (Å²) in [4.78, 5) is 0.973. The predicted molar refractivity (Wildman–Crippen MR) is 71.6 cm³/mol. The van der Waals surface area contributed by atoms with E-state index in [0.717, 1.165) is 22.6 Å². The van der Waals surface area contributed by atoms with Crippen LogP contribution in [0, 0.1) is 5.82 Å². The van der Waals surface area contributed by atoms with Crippen LogP contribution < -0.4 is 5.32 Å². The molecule has 1 unspecified atom stereocenters. The molecule has 19 heavy (non-hydrogen) atoms. The first-order valence-electron chi connectivity index (χ1n) is 5.97. The maximum atomic E-state index is 13.2. The van der Waals surface area contributed by atoms with Crippen molar-refractivity contribution in [3.8, 4) is 0 Å². The number of hydrogen-bond acceptors (Lipinski definition) is 5. The molecule has 0 aliphatic carbocycles. The molecule has 0 fully saturated rings. The first-order chi connectivity index (χ1) is 9.28. The van der Waals surface area contributed by atoms with Crippen molar-refractivity contribution in [3.05, 3.63) is 46.9 Å². The van der Waals surface area contributed by atoms with E-state index in [9.17, 15) is 4.39 Å². The Kier molecular flexibility index (Phi) is 3.27. The summed E-state index contributed by atoms with van der Waals surface area (Å²) in [5, 5.41) is 7.93. The van der Waals surface area contributed by atoms with E-state index in [0.29, 0.717) is 5.58 Å². The molecule has 2 heterocycles. The Balaban J connectivity index is 2.05. The van der Waals surface area contributed by atoms with Gasteiger partial charge < -0.3 is 9.73 Å². The SMILES string of the molecule is CCNC(c1cc2cc(F)ccc2o1)c1cnns1. The summed E-state index contributed by atoms with van der Waals surface area (Å²) < 4.78 is 22.8. The molecule has 3 aromatic rings. The number of nitrogens with one attached hydrogen (secondary N) is 1. The summed E-state index contributed by atoms with van der Waals surface area (Å²) in [6.45, 7) is 2.80. The summed E-state index contributed by atoms with van der Waals surface area (Å²) in [5.74, 6) is 0.479. The lowest BCUT2D eigenvalue weighted by molar-refractivity contribution is 0.480. The van der Waals surface area contributed by atoms with Gasteiger partial charge in [-0.25, -0.2) is 4.39 Å². The Morgan fingerprint density at radius 1 is 1.42 bits per heavy atom. The van der Waals surface area contributed by atoms with Gasteiger partial charge in [-0.2, -0.15) is 0 Å². The number of rotatable bonds is 4. The molecule has 0 amide bonds. The van der Waals surface area contributed by atoms with Crippen LogP contribution in [0.25, 0.3) is 11.0 Å². The second-order valence-corrected chi connectivity index (χ2v) is 4.96. The second-order valence-electron chi connectivity index (χ2n) is 4.14. The molecule has 1 N–H and O–H groups in total. The van der Waals surface area contributed by atoms with Crippen molar-refractivity contribution in [1.82, 2.24) is 14.9 Å². The Labute approximate surface area is 113 Å². The van der Waals surface area contributed by atoms with Crippen molar-refractivity contribution in [3.63, 3.8) is 0 Å². The van der Waals surface area contributed by atoms with Gasteiger partial charge in [0.15, 0.2) is 0 Å². The highest BCUT2D eigenvalue weighted by Gasteiger charge is 2.19. The largest absolute Gasteiger partial charge is 0.459 e. The predicted octanol–water partition coefficient (Wildman–Crippen LogP) is 3.12. The van der Waals surface area contributed by atoms with Gasteiger partial charge in [0.25, 0.3) is 0 Å². The van der Waals surface area contributed by atoms with Crippen LogP contribution in [0.1, 0.15) is 23.6 Å². The van der Waals surface area contributed by atoms with Gasteiger partial charge in [-0.15, -0.1) is 5.10 Å². The third-order valence-corrected chi connectivity index (χ3v) is 3.58. The summed E-state index contributed by atoms with van der Waals surface area (Å²) in [6.07, 6.45) is 1.71. The van der Waals surface area contributed by atoms with Crippen molar-refractivity contribution < 1.29 is 8.81 Å². The highest BCUT2D eigenvalue weighted by atomic mass is 32.1. The van der Waals surface area contributed by atoms with E-state index in [4.69, 9.17) is 4.42 Å². The van der Waals surface area contributed by atoms with Crippen LogP contribution in [-0.2, 0) is 0 Å². The van der Waals surface area contributed by atoms with E-state index in [1.165, 1.54) is 23.7 Å². The van der Waals surface area contributed by atoms with Gasteiger partial charge in [-0.1, -0.05) is 11.4 Å². The molecule has 0 aliphatic rings. The summed E-state index contributed by atoms with van der Waals surface area (Å²) >= 11 is 1.32. The topological polar surface area (TPSA) is 51.0 Å². The van der Waals surface area contributed by atoms with Crippen molar-refractivity contribution in [1.29, 1.82) is 0 Å². The van der Waals surface area contributed by atoms with Crippen molar-refractivity contribution in [2.75, 3.05) is 6.54 Å². The molecule has 4 nitrogen and oxygen atoms in total. The molecule has 3 rings (SSSR count). The molecule has 2 aromatic heterocycles. The minimum absolute atomic E-state index is 0.0968. The molecule has 0 aliphatic heterocycles. The molecule has 98 valence electrons. The number of aromatic nitrogens is 2. The van der Waals surface area contributed by atoms with Crippen LogP contribution in [0.5, 0.6) is 0 Å². The van der Waals surface area contributed by atoms with Gasteiger partial charge in [0.1, 0.15) is 23.2 Å². The molecule has 0 saturated carbocycles. The number of benzene rings is 1. The van der Waals surface area contributed by atoms with Gasteiger partial charge >= 0.3 is 0 Å². The number of hydrogen-bond donors (Lipinski definition) is 1. The lowest BCUT2D eigenvalue weighted by atomic mass is 10.1. The molecular formula is C13H12FN3OS. The smallest absolute Gasteiger partial charge is 0.134 e. The molecule has 0 saturated heterocycles. The first-order valence-corrected chi connectivity index (χ1v) is 6.75. The second kappa shape index (κ2) is 5.07. The minimum Gasteiger partial charge on any atom is -0.459 e. The Hall–Kier alpha value is -1.79. The Morgan fingerprint density at radius 2 is 2.32 bits per heavy atom. The molecule has 0 radical (unpaired) electrons. The molecule has 1 atom stereocenters. The molecule has 0 bridgehead atoms. The van der Waals surface area contributed by atoms with E-state index in [1.54, 1.807) is 12.3 Å². The number of nitrogens with zero attached hydrogens (tertiary/aromatic N) is 2. The van der Waals surface area contributed by atoms with Gasteiger partial charge in [0, 0.05) is 5.39 Å². The van der Waals surface area contributed by atoms with Crippen LogP contribution in [0.3, 0.4) is 0 Å². The van der Waals surface area contributed by atoms with Gasteiger partial charge in [0.05, 0.1) is 11.1 Å². The molecule has 0 spiro atoms. The lowest BCUT2D eigenvalue weighted by Gasteiger charge is -2.11. The summed E-state index contributed by atoms with van der Waals surface area (Å²) in [6, 6.07) is 6.26. The number of halogens is 1. The fraction of sp³-hybridized carbons (Fsp3) is 0.231. The molecular weight excluding hydrogens is 265 g/mol. The van der Waals surface area contributed by atoms with Crippen LogP contribution >= 0.6 is 11.5 Å². The third-order valence-electron chi connectivity index (χ3n) is 2.85. The zero-order valence-corrected chi connectivity index (χ0v) is 11.1. The normalized spacial score (nSPS) is 12.9. The fourth-order valence-corrected chi connectivity index (χ4v) is 2.61. The van der Waals surface area contributed by atoms with Crippen molar-refractivity contribution in [2.45, 2.75) is 13.0 Å². The van der Waals surface area contributed by atoms with E-state index < -0.39 is 0 Å². The zero-order valence-electron chi connectivity index (χ0n) is 10.3. The Morgan fingerprint density at radius 3 is 3.05 bits per heavy atom. The fourth-order valence-electron chi connectivity index (χ4n) is 2.02. The molecule has 1 aromatic carbocycles. The van der Waals surface area contributed by atoms with Crippen molar-refractivity contribution in [2.24, 2.45) is 0 Å². The summed E-state index contributed by atoms with van der Waals surface area (Å²) in [5.41, 5.74) is 0.678. The van der Waals surface area contributed by atoms with E-state index in [1.807, 2.05) is 13.0 Å². The highest BCUT2D eigenvalue weighted by molar-refractivity contribution is 7.05. The summed E-state index contributed by atoms with van der Waals surface area (Å²) in [7, 11) is 0. The van der Waals surface area contributed by atoms with Crippen LogP contribution in [0.2, 0.25) is 0 Å². The number of furan rings is 1. The van der Waals surface area contributed by atoms with Gasteiger partial charge in [-0.05, 0) is 42.3 Å². The van der Waals surface area contributed by atoms with Crippen molar-refractivity contribution >= 4 is 22.5 Å². The first kappa shape index (κ1) is 12.3. The van der Waals surface area contributed by atoms with Crippen LogP contribution in [-0.4, -0.2) is 16.1 Å². The zero-order chi connectivity index (χ0) is 13.2. The average molecular weight is 277 g/mol. The third kappa shape index (κ3) is 2.36. The average Bonchev–Trinajstić information content (AvgIpc) is 3.04. The lowest BCUT2D eigenvalue weighted by Crippen LogP contribution is -2.20. The maximum Gasteiger partial charge on any atom is 0.134 e. The van der Waals surface area contributed by atoms with Gasteiger partial charge in [-0.3, -0.25) is 0 Å². The maximum absolute atomic E-state index is 13.2. The highest BCUT2D eigenvalue weighted by Crippen LogP contribution is 2.29. The Bertz CT molecular complexity index is 680. The van der Waals surface area contributed by atoms with E-state index >= 15 is 0 Å². The minimum atomic E-state index is -0.265.